The monoisotopic (exact) mass is 888 g/mol. The van der Waals surface area contributed by atoms with Crippen molar-refractivity contribution in [2.45, 2.75) is 184 Å². The first-order chi connectivity index (χ1) is 30.8. The van der Waals surface area contributed by atoms with Crippen LogP contribution in [0.2, 0.25) is 0 Å². The van der Waals surface area contributed by atoms with Crippen LogP contribution in [-0.4, -0.2) is 52.0 Å². The quantitative estimate of drug-likeness (QED) is 0.145. The first kappa shape index (κ1) is 45.4. The fourth-order valence-corrected chi connectivity index (χ4v) is 18.2. The number of allylic oxidation sites excluding steroid dienone is 1. The van der Waals surface area contributed by atoms with Crippen LogP contribution in [0, 0.1) is 80.3 Å². The lowest BCUT2D eigenvalue weighted by Crippen LogP contribution is -2.74. The fourth-order valence-electron chi connectivity index (χ4n) is 18.2. The second kappa shape index (κ2) is 15.6. The van der Waals surface area contributed by atoms with Gasteiger partial charge in [-0.1, -0.05) is 96.9 Å². The van der Waals surface area contributed by atoms with E-state index in [1.54, 1.807) is 0 Å². The number of aromatic amines is 1. The number of benzene rings is 1. The Kier molecular flexibility index (Phi) is 10.9. The van der Waals surface area contributed by atoms with Crippen LogP contribution in [0.3, 0.4) is 0 Å². The third kappa shape index (κ3) is 6.17. The van der Waals surface area contributed by atoms with Gasteiger partial charge in [-0.25, -0.2) is 4.98 Å². The van der Waals surface area contributed by atoms with E-state index in [0.717, 1.165) is 94.3 Å². The SMILES string of the molecule is C=C(C)[C@@H]1CC[C@]2(C(=O)N3CCCC3c3ncc(-c4ccc(C)cc4)[nH]3)CC[C@]3(C)C(CC[C@@H]4[C@@]5(C)CC[C@H](OC(=O)[C@H]6C[C@@H](C(=O)OCCCC)C6(C)C)C6(C)CC[C@]65CC[C@]43C)[C@@H]12. The van der Waals surface area contributed by atoms with Gasteiger partial charge in [0, 0.05) is 12.0 Å². The van der Waals surface area contributed by atoms with E-state index in [2.05, 4.69) is 103 Å². The van der Waals surface area contributed by atoms with Crippen molar-refractivity contribution >= 4 is 17.8 Å². The van der Waals surface area contributed by atoms with Crippen LogP contribution in [0.4, 0.5) is 0 Å². The third-order valence-electron chi connectivity index (χ3n) is 22.6. The summed E-state index contributed by atoms with van der Waals surface area (Å²) in [5.74, 6) is 2.30. The Hall–Kier alpha value is -3.42. The molecule has 1 N–H and O–H groups in total. The molecule has 1 saturated heterocycles. The molecule has 10 rings (SSSR count). The number of nitrogens with zero attached hydrogens (tertiary/aromatic N) is 2. The molecule has 1 aromatic heterocycles. The van der Waals surface area contributed by atoms with Crippen LogP contribution >= 0.6 is 0 Å². The number of hydrogen-bond acceptors (Lipinski definition) is 6. The predicted molar refractivity (Wildman–Crippen MR) is 255 cm³/mol. The zero-order valence-electron chi connectivity index (χ0n) is 41.6. The van der Waals surface area contributed by atoms with Gasteiger partial charge in [-0.05, 0) is 173 Å². The topological polar surface area (TPSA) is 102 Å². The number of likely N-dealkylation sites (tertiary alicyclic amines) is 1. The molecule has 3 unspecified atom stereocenters. The maximum atomic E-state index is 15.7. The molecule has 65 heavy (non-hydrogen) atoms. The number of ether oxygens (including phenoxy) is 2. The number of rotatable bonds is 10. The zero-order chi connectivity index (χ0) is 46.1. The molecule has 1 aromatic carbocycles. The van der Waals surface area contributed by atoms with Gasteiger partial charge in [-0.2, -0.15) is 0 Å². The van der Waals surface area contributed by atoms with Gasteiger partial charge >= 0.3 is 11.9 Å². The molecule has 14 atom stereocenters. The maximum absolute atomic E-state index is 15.7. The molecule has 354 valence electrons. The molecule has 8 fully saturated rings. The van der Waals surface area contributed by atoms with Crippen LogP contribution in [0.1, 0.15) is 182 Å². The van der Waals surface area contributed by atoms with Crippen molar-refractivity contribution in [3.63, 3.8) is 0 Å². The van der Waals surface area contributed by atoms with Crippen LogP contribution in [-0.2, 0) is 23.9 Å². The number of H-pyrrole nitrogens is 1. The molecule has 0 radical (unpaired) electrons. The highest BCUT2D eigenvalue weighted by Crippen LogP contribution is 2.84. The molecule has 2 aromatic rings. The summed E-state index contributed by atoms with van der Waals surface area (Å²) in [6.07, 6.45) is 19.5. The van der Waals surface area contributed by atoms with Crippen molar-refractivity contribution in [2.24, 2.45) is 73.4 Å². The van der Waals surface area contributed by atoms with Crippen LogP contribution in [0.15, 0.2) is 42.6 Å². The summed E-state index contributed by atoms with van der Waals surface area (Å²) in [6, 6.07) is 8.59. The Labute approximate surface area is 390 Å². The Morgan fingerprint density at radius 2 is 1.52 bits per heavy atom. The lowest BCUT2D eigenvalue weighted by atomic mass is 9.25. The van der Waals surface area contributed by atoms with Crippen molar-refractivity contribution in [3.8, 4) is 11.3 Å². The van der Waals surface area contributed by atoms with Crippen LogP contribution in [0.5, 0.6) is 0 Å². The second-order valence-corrected chi connectivity index (χ2v) is 25.0. The molecule has 1 spiro atoms. The summed E-state index contributed by atoms with van der Waals surface area (Å²) >= 11 is 0. The summed E-state index contributed by atoms with van der Waals surface area (Å²) in [4.78, 5) is 53.7. The largest absolute Gasteiger partial charge is 0.465 e. The number of aryl methyl sites for hydroxylation is 1. The highest BCUT2D eigenvalue weighted by Gasteiger charge is 2.78. The number of esters is 2. The fraction of sp³-hybridized carbons (Fsp3) is 0.754. The van der Waals surface area contributed by atoms with E-state index in [4.69, 9.17) is 14.5 Å². The maximum Gasteiger partial charge on any atom is 0.309 e. The van der Waals surface area contributed by atoms with Gasteiger partial charge < -0.3 is 19.4 Å². The molecule has 8 aliphatic rings. The molecule has 0 bridgehead atoms. The molecule has 7 aliphatic carbocycles. The van der Waals surface area contributed by atoms with Gasteiger partial charge in [0.15, 0.2) is 0 Å². The first-order valence-corrected chi connectivity index (χ1v) is 26.3. The number of carbonyl (C=O) groups excluding carboxylic acids is 3. The Morgan fingerprint density at radius 1 is 0.815 bits per heavy atom. The summed E-state index contributed by atoms with van der Waals surface area (Å²) in [5, 5.41) is 0. The summed E-state index contributed by atoms with van der Waals surface area (Å²) in [6.45, 7) is 27.0. The van der Waals surface area contributed by atoms with Crippen LogP contribution < -0.4 is 0 Å². The van der Waals surface area contributed by atoms with Crippen molar-refractivity contribution in [3.05, 3.63) is 54.0 Å². The summed E-state index contributed by atoms with van der Waals surface area (Å²) < 4.78 is 12.3. The predicted octanol–water partition coefficient (Wildman–Crippen LogP) is 12.8. The molecular formula is C57H81N3O5. The normalized spacial score (nSPS) is 43.4. The van der Waals surface area contributed by atoms with E-state index < -0.39 is 5.41 Å². The van der Waals surface area contributed by atoms with E-state index in [1.165, 1.54) is 43.2 Å². The van der Waals surface area contributed by atoms with Gasteiger partial charge in [-0.3, -0.25) is 14.4 Å². The first-order valence-electron chi connectivity index (χ1n) is 26.3. The van der Waals surface area contributed by atoms with E-state index in [1.807, 2.05) is 6.20 Å². The standard InChI is InChI=1S/C57H81N3O5/c1-11-12-32-64-48(61)40-33-41(51(40,5)6)49(62)65-45-22-23-54(9)44-20-19-39-46-38(35(2)3)21-24-56(46,28-25-52(39,7)53(44,8)26-29-57(54)30-27-55(45,57)10)50(63)60-31-13-14-43(60)47-58-34-42(59-47)37-17-15-36(4)16-18-37/h15-18,34,38-41,43-46H,2,11-14,19-33H2,1,3-10H3,(H,58,59)/t38-,39?,40-,41+,43?,44-,45-,46+,52+,53+,54+,55?,56-,57-/m0/s1. The smallest absolute Gasteiger partial charge is 0.309 e. The van der Waals surface area contributed by atoms with Gasteiger partial charge in [0.2, 0.25) is 5.91 Å². The number of fused-ring (bicyclic) bond motifs is 6. The molecular weight excluding hydrogens is 807 g/mol. The highest BCUT2D eigenvalue weighted by atomic mass is 16.5. The Balaban J connectivity index is 0.883. The minimum atomic E-state index is -0.464. The average molecular weight is 888 g/mol. The molecule has 1 amide bonds. The second-order valence-electron chi connectivity index (χ2n) is 25.0. The number of nitrogens with one attached hydrogen (secondary N) is 1. The molecule has 8 nitrogen and oxygen atoms in total. The number of hydrogen-bond donors (Lipinski definition) is 1. The van der Waals surface area contributed by atoms with Gasteiger partial charge in [0.25, 0.3) is 0 Å². The van der Waals surface area contributed by atoms with Crippen molar-refractivity contribution < 1.29 is 23.9 Å². The molecule has 7 saturated carbocycles. The molecule has 8 heteroatoms. The summed E-state index contributed by atoms with van der Waals surface area (Å²) in [7, 11) is 0. The third-order valence-corrected chi connectivity index (χ3v) is 22.6. The number of aromatic nitrogens is 2. The van der Waals surface area contributed by atoms with Gasteiger partial charge in [-0.15, -0.1) is 0 Å². The van der Waals surface area contributed by atoms with Crippen molar-refractivity contribution in [2.75, 3.05) is 13.2 Å². The van der Waals surface area contributed by atoms with Gasteiger partial charge in [0.05, 0.1) is 41.8 Å². The highest BCUT2D eigenvalue weighted by molar-refractivity contribution is 5.85. The van der Waals surface area contributed by atoms with E-state index >= 15 is 4.79 Å². The van der Waals surface area contributed by atoms with E-state index in [0.29, 0.717) is 42.6 Å². The number of amides is 1. The number of carbonyl (C=O) groups is 3. The number of unbranched alkanes of at least 4 members (excludes halogenated alkanes) is 1. The van der Waals surface area contributed by atoms with Crippen molar-refractivity contribution in [1.29, 1.82) is 0 Å². The lowest BCUT2D eigenvalue weighted by Gasteiger charge is -2.80. The number of imidazole rings is 1. The average Bonchev–Trinajstić information content (AvgIpc) is 4.04. The Morgan fingerprint density at radius 3 is 2.22 bits per heavy atom. The summed E-state index contributed by atoms with van der Waals surface area (Å²) in [5.41, 5.74) is 4.37. The van der Waals surface area contributed by atoms with E-state index in [9.17, 15) is 9.59 Å². The minimum Gasteiger partial charge on any atom is -0.465 e. The zero-order valence-corrected chi connectivity index (χ0v) is 41.6. The van der Waals surface area contributed by atoms with Crippen LogP contribution in [0.25, 0.3) is 11.3 Å². The lowest BCUT2D eigenvalue weighted by molar-refractivity contribution is -0.325. The molecule has 1 aliphatic heterocycles. The minimum absolute atomic E-state index is 0.0147. The molecule has 2 heterocycles. The van der Waals surface area contributed by atoms with Crippen molar-refractivity contribution in [1.82, 2.24) is 14.9 Å². The Bertz CT molecular complexity index is 2230. The van der Waals surface area contributed by atoms with Gasteiger partial charge in [0.1, 0.15) is 11.9 Å². The van der Waals surface area contributed by atoms with E-state index in [-0.39, 0.29) is 68.4 Å².